The van der Waals surface area contributed by atoms with Gasteiger partial charge in [-0.3, -0.25) is 4.79 Å². The predicted octanol–water partition coefficient (Wildman–Crippen LogP) is 3.95. The van der Waals surface area contributed by atoms with Crippen molar-refractivity contribution < 1.29 is 34.3 Å². The number of halogens is 1. The number of benzene rings is 1. The Bertz CT molecular complexity index is 946. The molecule has 1 aromatic rings. The monoisotopic (exact) mass is 507 g/mol. The summed E-state index contributed by atoms with van der Waals surface area (Å²) in [6.07, 6.45) is 4.28. The van der Waals surface area contributed by atoms with Crippen LogP contribution in [0.2, 0.25) is 0 Å². The van der Waals surface area contributed by atoms with Crippen LogP contribution in [0.25, 0.3) is 0 Å². The van der Waals surface area contributed by atoms with Gasteiger partial charge in [-0.1, -0.05) is 26.0 Å². The summed E-state index contributed by atoms with van der Waals surface area (Å²) < 4.78 is 20.4. The topological polar surface area (TPSA) is 119 Å². The van der Waals surface area contributed by atoms with Crippen LogP contribution in [0, 0.1) is 29.5 Å². The summed E-state index contributed by atoms with van der Waals surface area (Å²) in [5.74, 6) is -2.73. The largest absolute Gasteiger partial charge is 0.505 e. The Morgan fingerprint density at radius 3 is 2.42 bits per heavy atom. The fraction of sp³-hybridized carbons (Fsp3) is 0.607. The number of aliphatic hydroxyl groups is 3. The fourth-order valence-corrected chi connectivity index (χ4v) is 5.15. The van der Waals surface area contributed by atoms with Crippen LogP contribution in [-0.4, -0.2) is 58.9 Å². The lowest BCUT2D eigenvalue weighted by Crippen LogP contribution is -2.32. The molecular weight excluding hydrogens is 465 g/mol. The van der Waals surface area contributed by atoms with Gasteiger partial charge in [0, 0.05) is 55.4 Å². The minimum atomic E-state index is -0.839. The Morgan fingerprint density at radius 1 is 1.14 bits per heavy atom. The highest BCUT2D eigenvalue weighted by Crippen LogP contribution is 2.31. The average molecular weight is 508 g/mol. The number of ether oxygens (including phenoxy) is 1. The van der Waals surface area contributed by atoms with Crippen molar-refractivity contribution in [1.29, 1.82) is 0 Å². The first-order chi connectivity index (χ1) is 17.0. The van der Waals surface area contributed by atoms with Crippen molar-refractivity contribution >= 4 is 11.6 Å². The quantitative estimate of drug-likeness (QED) is 0.395. The molecule has 1 heterocycles. The molecule has 1 amide bonds. The number of fused-ring (bicyclic) bond motifs is 2. The molecule has 0 unspecified atom stereocenters. The van der Waals surface area contributed by atoms with E-state index < -0.39 is 23.6 Å². The zero-order chi connectivity index (χ0) is 27.0. The SMILES string of the molecule is CO[C@H]1/C(C)=C/[C@H](C)[C@@H](O)[C@@H](CO)C[C@H](C)Cc2cc(cc(O)c2F)NC(=O)/C(C)=C/CC[C@@H]1CO. The molecule has 7 nitrogen and oxygen atoms in total. The van der Waals surface area contributed by atoms with Crippen LogP contribution in [0.4, 0.5) is 10.1 Å². The van der Waals surface area contributed by atoms with E-state index in [2.05, 4.69) is 5.32 Å². The number of hydrogen-bond acceptors (Lipinski definition) is 6. The molecule has 0 aliphatic carbocycles. The van der Waals surface area contributed by atoms with Crippen LogP contribution >= 0.6 is 0 Å². The number of phenolic OH excluding ortho intramolecular Hbond substituents is 1. The average Bonchev–Trinajstić information content (AvgIpc) is 2.83. The number of methoxy groups -OCH3 is 1. The van der Waals surface area contributed by atoms with Gasteiger partial charge >= 0.3 is 0 Å². The second-order valence-corrected chi connectivity index (χ2v) is 10.2. The molecule has 1 aliphatic rings. The highest BCUT2D eigenvalue weighted by molar-refractivity contribution is 6.03. The third-order valence-corrected chi connectivity index (χ3v) is 7.15. The van der Waals surface area contributed by atoms with E-state index in [1.807, 2.05) is 26.8 Å². The van der Waals surface area contributed by atoms with Gasteiger partial charge in [-0.15, -0.1) is 0 Å². The van der Waals surface area contributed by atoms with E-state index in [0.717, 1.165) is 5.57 Å². The minimum Gasteiger partial charge on any atom is -0.505 e. The summed E-state index contributed by atoms with van der Waals surface area (Å²) >= 11 is 0. The highest BCUT2D eigenvalue weighted by atomic mass is 19.1. The molecule has 0 saturated heterocycles. The predicted molar refractivity (Wildman–Crippen MR) is 138 cm³/mol. The normalized spacial score (nSPS) is 32.2. The van der Waals surface area contributed by atoms with Gasteiger partial charge in [-0.2, -0.15) is 0 Å². The number of carbonyl (C=O) groups is 1. The first kappa shape index (κ1) is 30.0. The van der Waals surface area contributed by atoms with Crippen LogP contribution in [0.1, 0.15) is 52.5 Å². The molecule has 2 rings (SSSR count). The van der Waals surface area contributed by atoms with E-state index in [0.29, 0.717) is 24.8 Å². The van der Waals surface area contributed by atoms with Gasteiger partial charge in [-0.25, -0.2) is 4.39 Å². The Kier molecular flexibility index (Phi) is 11.6. The lowest BCUT2D eigenvalue weighted by atomic mass is 9.82. The van der Waals surface area contributed by atoms with Crippen molar-refractivity contribution in [3.63, 3.8) is 0 Å². The first-order valence-electron chi connectivity index (χ1n) is 12.6. The van der Waals surface area contributed by atoms with E-state index >= 15 is 0 Å². The van der Waals surface area contributed by atoms with Crippen molar-refractivity contribution in [2.45, 2.75) is 65.6 Å². The van der Waals surface area contributed by atoms with E-state index in [-0.39, 0.29) is 60.7 Å². The standard InChI is InChI=1S/C28H42FNO6/c1-16-9-21-12-23(13-24(33)25(21)29)30-28(35)17(2)7-6-8-20(14-31)27(36-5)19(4)11-18(3)26(34)22(10-16)15-32/h7,11-13,16,18,20,22,26-27,31-34H,6,8-10,14-15H2,1-5H3,(H,30,35)/b17-7+,19-11+/t16-,18+,20-,22-,26-,27+/m1/s1. The molecule has 0 fully saturated rings. The lowest BCUT2D eigenvalue weighted by molar-refractivity contribution is -0.112. The van der Waals surface area contributed by atoms with E-state index in [4.69, 9.17) is 4.74 Å². The molecule has 1 aromatic carbocycles. The number of aromatic hydroxyl groups is 1. The summed E-state index contributed by atoms with van der Waals surface area (Å²) in [5, 5.41) is 43.9. The number of hydrogen-bond donors (Lipinski definition) is 5. The van der Waals surface area contributed by atoms with Crippen LogP contribution in [-0.2, 0) is 16.0 Å². The summed E-state index contributed by atoms with van der Waals surface area (Å²) in [6.45, 7) is 7.00. The molecule has 0 aromatic heterocycles. The molecule has 0 spiro atoms. The van der Waals surface area contributed by atoms with Gasteiger partial charge in [0.2, 0.25) is 0 Å². The molecule has 5 N–H and O–H groups in total. The number of phenols is 1. The van der Waals surface area contributed by atoms with Gasteiger partial charge in [0.25, 0.3) is 5.91 Å². The second kappa shape index (κ2) is 13.9. The summed E-state index contributed by atoms with van der Waals surface area (Å²) in [6, 6.07) is 2.69. The zero-order valence-corrected chi connectivity index (χ0v) is 22.0. The van der Waals surface area contributed by atoms with E-state index in [1.54, 1.807) is 20.1 Å². The molecule has 0 radical (unpaired) electrons. The molecule has 1 aliphatic heterocycles. The number of nitrogens with one attached hydrogen (secondary N) is 1. The van der Waals surface area contributed by atoms with E-state index in [1.165, 1.54) is 12.1 Å². The van der Waals surface area contributed by atoms with Crippen LogP contribution in [0.5, 0.6) is 5.75 Å². The van der Waals surface area contributed by atoms with Crippen molar-refractivity contribution in [2.24, 2.45) is 23.7 Å². The maximum absolute atomic E-state index is 14.7. The van der Waals surface area contributed by atoms with Gasteiger partial charge in [0.1, 0.15) is 0 Å². The molecule has 2 bridgehead atoms. The summed E-state index contributed by atoms with van der Waals surface area (Å²) in [4.78, 5) is 12.7. The van der Waals surface area contributed by atoms with Crippen molar-refractivity contribution in [3.05, 3.63) is 46.8 Å². The van der Waals surface area contributed by atoms with Gasteiger partial charge in [0.05, 0.1) is 12.2 Å². The molecule has 202 valence electrons. The Labute approximate surface area is 213 Å². The summed E-state index contributed by atoms with van der Waals surface area (Å²) in [5.41, 5.74) is 1.87. The highest BCUT2D eigenvalue weighted by Gasteiger charge is 2.28. The molecule has 8 heteroatoms. The number of carbonyl (C=O) groups excluding carboxylic acids is 1. The molecule has 6 atom stereocenters. The van der Waals surface area contributed by atoms with Crippen LogP contribution in [0.15, 0.2) is 35.4 Å². The van der Waals surface area contributed by atoms with Crippen molar-refractivity contribution in [1.82, 2.24) is 0 Å². The van der Waals surface area contributed by atoms with Crippen molar-refractivity contribution in [3.8, 4) is 5.75 Å². The lowest BCUT2D eigenvalue weighted by Gasteiger charge is -2.29. The third-order valence-electron chi connectivity index (χ3n) is 7.15. The number of anilines is 1. The fourth-order valence-electron chi connectivity index (χ4n) is 5.15. The van der Waals surface area contributed by atoms with E-state index in [9.17, 15) is 29.6 Å². The number of aliphatic hydroxyl groups excluding tert-OH is 3. The van der Waals surface area contributed by atoms with Crippen LogP contribution < -0.4 is 5.32 Å². The van der Waals surface area contributed by atoms with Gasteiger partial charge in [-0.05, 0) is 62.7 Å². The maximum atomic E-state index is 14.7. The van der Waals surface area contributed by atoms with Crippen LogP contribution in [0.3, 0.4) is 0 Å². The Balaban J connectivity index is 2.47. The van der Waals surface area contributed by atoms with Crippen molar-refractivity contribution in [2.75, 3.05) is 25.6 Å². The molecular formula is C28H42FNO6. The first-order valence-corrected chi connectivity index (χ1v) is 12.6. The number of allylic oxidation sites excluding steroid dienone is 1. The zero-order valence-electron chi connectivity index (χ0n) is 22.0. The second-order valence-electron chi connectivity index (χ2n) is 10.2. The maximum Gasteiger partial charge on any atom is 0.250 e. The van der Waals surface area contributed by atoms with Gasteiger partial charge < -0.3 is 30.5 Å². The Hall–Kier alpha value is -2.26. The number of rotatable bonds is 3. The molecule has 36 heavy (non-hydrogen) atoms. The van der Waals surface area contributed by atoms with Gasteiger partial charge in [0.15, 0.2) is 11.6 Å². The third kappa shape index (κ3) is 7.87. The summed E-state index contributed by atoms with van der Waals surface area (Å²) in [7, 11) is 1.58. The smallest absolute Gasteiger partial charge is 0.250 e. The molecule has 0 saturated carbocycles. The number of amides is 1. The Morgan fingerprint density at radius 2 is 1.81 bits per heavy atom. The minimum absolute atomic E-state index is 0.103.